The zero-order chi connectivity index (χ0) is 20.9. The van der Waals surface area contributed by atoms with E-state index < -0.39 is 0 Å². The first-order chi connectivity index (χ1) is 14.6. The van der Waals surface area contributed by atoms with Crippen LogP contribution in [0.4, 0.5) is 5.69 Å². The highest BCUT2D eigenvalue weighted by molar-refractivity contribution is 6.04. The molecule has 7 nitrogen and oxygen atoms in total. The number of aromatic nitrogens is 2. The monoisotopic (exact) mass is 407 g/mol. The lowest BCUT2D eigenvalue weighted by atomic mass is 9.97. The van der Waals surface area contributed by atoms with Crippen molar-refractivity contribution in [3.05, 3.63) is 53.6 Å². The summed E-state index contributed by atoms with van der Waals surface area (Å²) in [6.07, 6.45) is 5.89. The number of carbonyl (C=O) groups is 2. The summed E-state index contributed by atoms with van der Waals surface area (Å²) in [5.74, 6) is 0.988. The molecule has 4 rings (SSSR count). The van der Waals surface area contributed by atoms with E-state index in [2.05, 4.69) is 20.2 Å². The maximum atomic E-state index is 12.6. The molecule has 3 heterocycles. The van der Waals surface area contributed by atoms with E-state index >= 15 is 0 Å². The number of para-hydroxylation sites is 1. The van der Waals surface area contributed by atoms with Gasteiger partial charge >= 0.3 is 0 Å². The van der Waals surface area contributed by atoms with Gasteiger partial charge in [0.2, 0.25) is 5.91 Å². The predicted molar refractivity (Wildman–Crippen MR) is 115 cm³/mol. The highest BCUT2D eigenvalue weighted by atomic mass is 16.2. The maximum absolute atomic E-state index is 12.6. The molecule has 30 heavy (non-hydrogen) atoms. The summed E-state index contributed by atoms with van der Waals surface area (Å²) in [6, 6.07) is 9.37. The average Bonchev–Trinajstić information content (AvgIpc) is 3.30. The Bertz CT molecular complexity index is 896. The molecule has 1 N–H and O–H groups in total. The van der Waals surface area contributed by atoms with Crippen LogP contribution in [0.1, 0.15) is 53.5 Å². The number of nitrogens with zero attached hydrogens (tertiary/aromatic N) is 4. The third kappa shape index (κ3) is 4.84. The molecule has 0 saturated carbocycles. The van der Waals surface area contributed by atoms with Gasteiger partial charge in [0, 0.05) is 37.4 Å². The van der Waals surface area contributed by atoms with Gasteiger partial charge in [-0.3, -0.25) is 14.5 Å². The zero-order valence-corrected chi connectivity index (χ0v) is 17.5. The lowest BCUT2D eigenvalue weighted by Crippen LogP contribution is -2.43. The number of anilines is 1. The highest BCUT2D eigenvalue weighted by Crippen LogP contribution is 2.25. The Morgan fingerprint density at radius 3 is 2.60 bits per heavy atom. The van der Waals surface area contributed by atoms with E-state index in [1.54, 1.807) is 6.20 Å². The van der Waals surface area contributed by atoms with Crippen LogP contribution in [-0.4, -0.2) is 64.3 Å². The van der Waals surface area contributed by atoms with Gasteiger partial charge in [-0.2, -0.15) is 0 Å². The summed E-state index contributed by atoms with van der Waals surface area (Å²) in [5.41, 5.74) is 1.91. The Hall–Kier alpha value is -2.80. The Morgan fingerprint density at radius 2 is 1.87 bits per heavy atom. The first kappa shape index (κ1) is 20.5. The number of likely N-dealkylation sites (tertiary alicyclic amines) is 2. The van der Waals surface area contributed by atoms with Gasteiger partial charge in [0.05, 0.1) is 17.8 Å². The van der Waals surface area contributed by atoms with Crippen molar-refractivity contribution >= 4 is 17.5 Å². The van der Waals surface area contributed by atoms with E-state index in [0.717, 1.165) is 63.4 Å². The summed E-state index contributed by atoms with van der Waals surface area (Å²) in [5, 5.41) is 2.88. The summed E-state index contributed by atoms with van der Waals surface area (Å²) >= 11 is 0. The number of aryl methyl sites for hydroxylation is 1. The normalized spacial score (nSPS) is 19.6. The van der Waals surface area contributed by atoms with Crippen LogP contribution < -0.4 is 5.32 Å². The van der Waals surface area contributed by atoms with Gasteiger partial charge in [0.15, 0.2) is 0 Å². The Morgan fingerprint density at radius 1 is 1.10 bits per heavy atom. The van der Waals surface area contributed by atoms with Crippen LogP contribution >= 0.6 is 0 Å². The van der Waals surface area contributed by atoms with Crippen LogP contribution in [0.3, 0.4) is 0 Å². The van der Waals surface area contributed by atoms with Gasteiger partial charge in [-0.05, 0) is 51.3 Å². The topological polar surface area (TPSA) is 78.4 Å². The van der Waals surface area contributed by atoms with Gasteiger partial charge in [-0.1, -0.05) is 18.2 Å². The molecule has 0 radical (unpaired) electrons. The molecular formula is C23H29N5O2. The standard InChI is InChI=1S/C23H29N5O2/c1-17-20(23(30)26-19-9-3-2-4-10-19)14-24-22(25-17)18-8-7-11-27(15-18)16-21(29)28-12-5-6-13-28/h2-4,9-10,14,18H,5-8,11-13,15-16H2,1H3,(H,26,30). The molecule has 2 aromatic rings. The fourth-order valence-corrected chi connectivity index (χ4v) is 4.29. The first-order valence-electron chi connectivity index (χ1n) is 10.8. The summed E-state index contributed by atoms with van der Waals surface area (Å²) in [4.78, 5) is 38.5. The quantitative estimate of drug-likeness (QED) is 0.825. The van der Waals surface area contributed by atoms with Crippen molar-refractivity contribution in [2.24, 2.45) is 0 Å². The largest absolute Gasteiger partial charge is 0.342 e. The minimum atomic E-state index is -0.202. The molecule has 1 atom stereocenters. The Kier molecular flexibility index (Phi) is 6.38. The van der Waals surface area contributed by atoms with Crippen LogP contribution in [0.25, 0.3) is 0 Å². The fourth-order valence-electron chi connectivity index (χ4n) is 4.29. The molecule has 2 amide bonds. The average molecular weight is 408 g/mol. The molecule has 158 valence electrons. The highest BCUT2D eigenvalue weighted by Gasteiger charge is 2.27. The third-order valence-corrected chi connectivity index (χ3v) is 5.96. The maximum Gasteiger partial charge on any atom is 0.259 e. The Labute approximate surface area is 177 Å². The predicted octanol–water partition coefficient (Wildman–Crippen LogP) is 2.84. The minimum absolute atomic E-state index is 0.190. The van der Waals surface area contributed by atoms with E-state index in [0.29, 0.717) is 17.8 Å². The molecule has 0 aliphatic carbocycles. The number of nitrogens with one attached hydrogen (secondary N) is 1. The summed E-state index contributed by atoms with van der Waals surface area (Å²) in [6.45, 7) is 5.84. The van der Waals surface area contributed by atoms with Crippen LogP contribution in [0.2, 0.25) is 0 Å². The number of carbonyl (C=O) groups excluding carboxylic acids is 2. The number of benzene rings is 1. The van der Waals surface area contributed by atoms with E-state index in [1.165, 1.54) is 0 Å². The first-order valence-corrected chi connectivity index (χ1v) is 10.8. The SMILES string of the molecule is Cc1nc(C2CCCN(CC(=O)N3CCCC3)C2)ncc1C(=O)Nc1ccccc1. The van der Waals surface area contributed by atoms with Crippen LogP contribution in [-0.2, 0) is 4.79 Å². The van der Waals surface area contributed by atoms with Gasteiger partial charge in [-0.15, -0.1) is 0 Å². The number of hydrogen-bond acceptors (Lipinski definition) is 5. The van der Waals surface area contributed by atoms with E-state index in [1.807, 2.05) is 42.2 Å². The second kappa shape index (κ2) is 9.34. The van der Waals surface area contributed by atoms with Crippen molar-refractivity contribution in [1.29, 1.82) is 0 Å². The third-order valence-electron chi connectivity index (χ3n) is 5.96. The molecule has 2 aliphatic rings. The second-order valence-electron chi connectivity index (χ2n) is 8.21. The smallest absolute Gasteiger partial charge is 0.259 e. The van der Waals surface area contributed by atoms with E-state index in [9.17, 15) is 9.59 Å². The number of amides is 2. The van der Waals surface area contributed by atoms with Gasteiger partial charge in [0.25, 0.3) is 5.91 Å². The van der Waals surface area contributed by atoms with Crippen molar-refractivity contribution in [3.8, 4) is 0 Å². The fraction of sp³-hybridized carbons (Fsp3) is 0.478. The molecule has 7 heteroatoms. The van der Waals surface area contributed by atoms with Gasteiger partial charge in [-0.25, -0.2) is 9.97 Å². The molecule has 1 aromatic carbocycles. The van der Waals surface area contributed by atoms with Crippen LogP contribution in [0, 0.1) is 6.92 Å². The van der Waals surface area contributed by atoms with E-state index in [-0.39, 0.29) is 17.7 Å². The second-order valence-corrected chi connectivity index (χ2v) is 8.21. The Balaban J connectivity index is 1.39. The number of rotatable bonds is 5. The van der Waals surface area contributed by atoms with Gasteiger partial charge < -0.3 is 10.2 Å². The molecule has 2 aliphatic heterocycles. The molecule has 0 bridgehead atoms. The molecule has 0 spiro atoms. The van der Waals surface area contributed by atoms with Crippen molar-refractivity contribution in [2.45, 2.75) is 38.5 Å². The zero-order valence-electron chi connectivity index (χ0n) is 17.5. The molecule has 2 fully saturated rings. The number of hydrogen-bond donors (Lipinski definition) is 1. The summed E-state index contributed by atoms with van der Waals surface area (Å²) in [7, 11) is 0. The molecular weight excluding hydrogens is 378 g/mol. The van der Waals surface area contributed by atoms with Gasteiger partial charge in [0.1, 0.15) is 5.82 Å². The van der Waals surface area contributed by atoms with Crippen LogP contribution in [0.15, 0.2) is 36.5 Å². The van der Waals surface area contributed by atoms with Crippen molar-refractivity contribution in [2.75, 3.05) is 38.0 Å². The minimum Gasteiger partial charge on any atom is -0.342 e. The van der Waals surface area contributed by atoms with Crippen molar-refractivity contribution in [1.82, 2.24) is 19.8 Å². The number of piperidine rings is 1. The van der Waals surface area contributed by atoms with Crippen LogP contribution in [0.5, 0.6) is 0 Å². The molecule has 1 unspecified atom stereocenters. The molecule has 1 aromatic heterocycles. The summed E-state index contributed by atoms with van der Waals surface area (Å²) < 4.78 is 0. The van der Waals surface area contributed by atoms with Crippen molar-refractivity contribution in [3.63, 3.8) is 0 Å². The lowest BCUT2D eigenvalue weighted by Gasteiger charge is -2.32. The van der Waals surface area contributed by atoms with E-state index in [4.69, 9.17) is 0 Å². The van der Waals surface area contributed by atoms with Crippen molar-refractivity contribution < 1.29 is 9.59 Å². The lowest BCUT2D eigenvalue weighted by molar-refractivity contribution is -0.131. The molecule has 2 saturated heterocycles.